The molecular weight excluding hydrogens is 176 g/mol. The van der Waals surface area contributed by atoms with E-state index < -0.39 is 6.04 Å². The number of nitrogens with two attached hydrogens (primary N) is 1. The number of anilines is 1. The predicted molar refractivity (Wildman–Crippen MR) is 58.1 cm³/mol. The van der Waals surface area contributed by atoms with Crippen LogP contribution in [0.3, 0.4) is 0 Å². The normalized spacial score (nSPS) is 12.2. The fraction of sp³-hybridized carbons (Fsp3) is 0.364. The molecule has 0 heterocycles. The van der Waals surface area contributed by atoms with Gasteiger partial charge in [0.1, 0.15) is 0 Å². The first-order chi connectivity index (χ1) is 6.66. The van der Waals surface area contributed by atoms with Gasteiger partial charge in [-0.3, -0.25) is 4.79 Å². The van der Waals surface area contributed by atoms with Crippen molar-refractivity contribution in [2.45, 2.75) is 19.4 Å². The van der Waals surface area contributed by atoms with Gasteiger partial charge in [0.15, 0.2) is 0 Å². The minimum absolute atomic E-state index is 0.0429. The summed E-state index contributed by atoms with van der Waals surface area (Å²) in [6.07, 6.45) is 0.663. The average Bonchev–Trinajstić information content (AvgIpc) is 2.27. The highest BCUT2D eigenvalue weighted by atomic mass is 16.2. The van der Waals surface area contributed by atoms with Crippen LogP contribution >= 0.6 is 0 Å². The molecule has 14 heavy (non-hydrogen) atoms. The summed E-state index contributed by atoms with van der Waals surface area (Å²) in [6, 6.07) is 9.09. The Hall–Kier alpha value is -1.35. The molecule has 0 saturated carbocycles. The predicted octanol–water partition coefficient (Wildman–Crippen LogP) is 1.39. The monoisotopic (exact) mass is 192 g/mol. The molecule has 1 aromatic carbocycles. The summed E-state index contributed by atoms with van der Waals surface area (Å²) in [5.41, 5.74) is 6.54. The second-order valence-electron chi connectivity index (χ2n) is 3.25. The van der Waals surface area contributed by atoms with Gasteiger partial charge >= 0.3 is 0 Å². The summed E-state index contributed by atoms with van der Waals surface area (Å²) in [4.78, 5) is 13.3. The number of para-hydroxylation sites is 1. The number of carbonyl (C=O) groups excluding carboxylic acids is 1. The van der Waals surface area contributed by atoms with Crippen molar-refractivity contribution in [3.05, 3.63) is 30.3 Å². The Morgan fingerprint density at radius 1 is 1.43 bits per heavy atom. The Kier molecular flexibility index (Phi) is 3.65. The first-order valence-corrected chi connectivity index (χ1v) is 4.75. The second kappa shape index (κ2) is 4.77. The largest absolute Gasteiger partial charge is 0.320 e. The van der Waals surface area contributed by atoms with Crippen molar-refractivity contribution in [3.63, 3.8) is 0 Å². The third kappa shape index (κ3) is 2.33. The number of hydrogen-bond donors (Lipinski definition) is 1. The quantitative estimate of drug-likeness (QED) is 0.786. The molecule has 0 aromatic heterocycles. The van der Waals surface area contributed by atoms with Crippen LogP contribution in [-0.4, -0.2) is 19.0 Å². The van der Waals surface area contributed by atoms with Crippen LogP contribution < -0.4 is 10.6 Å². The highest BCUT2D eigenvalue weighted by Crippen LogP contribution is 2.12. The SMILES string of the molecule is CC[C@H](N)C(=O)N(C)c1ccccc1. The van der Waals surface area contributed by atoms with E-state index in [4.69, 9.17) is 5.73 Å². The van der Waals surface area contributed by atoms with Crippen LogP contribution in [-0.2, 0) is 4.79 Å². The molecule has 1 rings (SSSR count). The molecule has 0 unspecified atom stereocenters. The van der Waals surface area contributed by atoms with Gasteiger partial charge in [0.05, 0.1) is 6.04 Å². The lowest BCUT2D eigenvalue weighted by atomic mass is 10.2. The van der Waals surface area contributed by atoms with E-state index in [0.717, 1.165) is 5.69 Å². The maximum absolute atomic E-state index is 11.7. The van der Waals surface area contributed by atoms with Crippen molar-refractivity contribution in [2.24, 2.45) is 5.73 Å². The first kappa shape index (κ1) is 10.7. The van der Waals surface area contributed by atoms with Gasteiger partial charge in [0.25, 0.3) is 0 Å². The molecule has 1 amide bonds. The molecule has 2 N–H and O–H groups in total. The standard InChI is InChI=1S/C11H16N2O/c1-3-10(12)11(14)13(2)9-7-5-4-6-8-9/h4-8,10H,3,12H2,1-2H3/t10-/m0/s1. The Morgan fingerprint density at radius 3 is 2.50 bits per heavy atom. The molecule has 0 aliphatic heterocycles. The molecule has 0 spiro atoms. The van der Waals surface area contributed by atoms with Crippen molar-refractivity contribution < 1.29 is 4.79 Å². The smallest absolute Gasteiger partial charge is 0.243 e. The number of likely N-dealkylation sites (N-methyl/N-ethyl adjacent to an activating group) is 1. The number of amides is 1. The van der Waals surface area contributed by atoms with Crippen molar-refractivity contribution in [2.75, 3.05) is 11.9 Å². The summed E-state index contributed by atoms with van der Waals surface area (Å²) < 4.78 is 0. The van der Waals surface area contributed by atoms with Crippen molar-refractivity contribution in [1.82, 2.24) is 0 Å². The van der Waals surface area contributed by atoms with E-state index in [-0.39, 0.29) is 5.91 Å². The number of rotatable bonds is 3. The highest BCUT2D eigenvalue weighted by molar-refractivity contribution is 5.96. The van der Waals surface area contributed by atoms with Crippen LogP contribution in [0.4, 0.5) is 5.69 Å². The Balaban J connectivity index is 2.76. The minimum Gasteiger partial charge on any atom is -0.320 e. The van der Waals surface area contributed by atoms with Gasteiger partial charge in [-0.15, -0.1) is 0 Å². The lowest BCUT2D eigenvalue weighted by Gasteiger charge is -2.20. The zero-order valence-electron chi connectivity index (χ0n) is 8.60. The van der Waals surface area contributed by atoms with Crippen LogP contribution in [0.2, 0.25) is 0 Å². The van der Waals surface area contributed by atoms with Gasteiger partial charge in [0, 0.05) is 12.7 Å². The minimum atomic E-state index is -0.403. The van der Waals surface area contributed by atoms with Gasteiger partial charge in [-0.2, -0.15) is 0 Å². The number of benzene rings is 1. The molecule has 3 nitrogen and oxygen atoms in total. The van der Waals surface area contributed by atoms with Crippen molar-refractivity contribution in [1.29, 1.82) is 0 Å². The molecular formula is C11H16N2O. The Labute approximate surface area is 84.5 Å². The zero-order chi connectivity index (χ0) is 10.6. The lowest BCUT2D eigenvalue weighted by Crippen LogP contribution is -2.41. The molecule has 0 aliphatic carbocycles. The van der Waals surface area contributed by atoms with Gasteiger partial charge in [-0.05, 0) is 18.6 Å². The van der Waals surface area contributed by atoms with Crippen molar-refractivity contribution in [3.8, 4) is 0 Å². The highest BCUT2D eigenvalue weighted by Gasteiger charge is 2.16. The average molecular weight is 192 g/mol. The molecule has 0 saturated heterocycles. The first-order valence-electron chi connectivity index (χ1n) is 4.75. The topological polar surface area (TPSA) is 46.3 Å². The maximum atomic E-state index is 11.7. The fourth-order valence-electron chi connectivity index (χ4n) is 1.20. The van der Waals surface area contributed by atoms with Crippen LogP contribution in [0, 0.1) is 0 Å². The van der Waals surface area contributed by atoms with E-state index in [2.05, 4.69) is 0 Å². The van der Waals surface area contributed by atoms with Gasteiger partial charge in [-0.25, -0.2) is 0 Å². The van der Waals surface area contributed by atoms with Crippen molar-refractivity contribution >= 4 is 11.6 Å². The fourth-order valence-corrected chi connectivity index (χ4v) is 1.20. The third-order valence-electron chi connectivity index (χ3n) is 2.23. The second-order valence-corrected chi connectivity index (χ2v) is 3.25. The molecule has 1 aromatic rings. The molecule has 0 aliphatic rings. The number of carbonyl (C=O) groups is 1. The van der Waals surface area contributed by atoms with E-state index in [9.17, 15) is 4.79 Å². The van der Waals surface area contributed by atoms with Gasteiger partial charge in [-0.1, -0.05) is 25.1 Å². The zero-order valence-corrected chi connectivity index (χ0v) is 8.60. The van der Waals surface area contributed by atoms with E-state index in [1.54, 1.807) is 11.9 Å². The maximum Gasteiger partial charge on any atom is 0.243 e. The van der Waals surface area contributed by atoms with Crippen LogP contribution in [0.5, 0.6) is 0 Å². The Morgan fingerprint density at radius 2 is 2.00 bits per heavy atom. The molecule has 76 valence electrons. The third-order valence-corrected chi connectivity index (χ3v) is 2.23. The van der Waals surface area contributed by atoms with Crippen LogP contribution in [0.15, 0.2) is 30.3 Å². The van der Waals surface area contributed by atoms with E-state index in [0.29, 0.717) is 6.42 Å². The summed E-state index contributed by atoms with van der Waals surface area (Å²) >= 11 is 0. The van der Waals surface area contributed by atoms with E-state index in [1.807, 2.05) is 37.3 Å². The van der Waals surface area contributed by atoms with E-state index >= 15 is 0 Å². The number of hydrogen-bond acceptors (Lipinski definition) is 2. The Bertz CT molecular complexity index is 297. The summed E-state index contributed by atoms with van der Waals surface area (Å²) in [5.74, 6) is -0.0429. The molecule has 0 bridgehead atoms. The summed E-state index contributed by atoms with van der Waals surface area (Å²) in [5, 5.41) is 0. The van der Waals surface area contributed by atoms with E-state index in [1.165, 1.54) is 0 Å². The van der Waals surface area contributed by atoms with Gasteiger partial charge in [0.2, 0.25) is 5.91 Å². The van der Waals surface area contributed by atoms with Crippen LogP contribution in [0.25, 0.3) is 0 Å². The molecule has 1 atom stereocenters. The summed E-state index contributed by atoms with van der Waals surface area (Å²) in [7, 11) is 1.74. The molecule has 0 fully saturated rings. The molecule has 0 radical (unpaired) electrons. The van der Waals surface area contributed by atoms with Gasteiger partial charge < -0.3 is 10.6 Å². The lowest BCUT2D eigenvalue weighted by molar-refractivity contribution is -0.119. The molecule has 3 heteroatoms. The number of nitrogens with zero attached hydrogens (tertiary/aromatic N) is 1. The van der Waals surface area contributed by atoms with Crippen LogP contribution in [0.1, 0.15) is 13.3 Å². The summed E-state index contributed by atoms with van der Waals surface area (Å²) in [6.45, 7) is 1.90.